The zero-order valence-electron chi connectivity index (χ0n) is 12.4. The highest BCUT2D eigenvalue weighted by atomic mass is 16.3. The maximum Gasteiger partial charge on any atom is 0.315 e. The van der Waals surface area contributed by atoms with Crippen LogP contribution in [-0.2, 0) is 0 Å². The van der Waals surface area contributed by atoms with Gasteiger partial charge in [-0.3, -0.25) is 0 Å². The number of rotatable bonds is 8. The highest BCUT2D eigenvalue weighted by Gasteiger charge is 2.14. The van der Waals surface area contributed by atoms with E-state index in [1.807, 2.05) is 37.3 Å². The Morgan fingerprint density at radius 3 is 2.50 bits per heavy atom. The number of benzene rings is 1. The van der Waals surface area contributed by atoms with Crippen molar-refractivity contribution < 1.29 is 9.90 Å². The van der Waals surface area contributed by atoms with Gasteiger partial charge in [0.15, 0.2) is 0 Å². The van der Waals surface area contributed by atoms with Crippen LogP contribution in [0.4, 0.5) is 4.79 Å². The predicted octanol–water partition coefficient (Wildman–Crippen LogP) is 2.99. The lowest BCUT2D eigenvalue weighted by molar-refractivity contribution is 0.214. The smallest absolute Gasteiger partial charge is 0.315 e. The van der Waals surface area contributed by atoms with Crippen molar-refractivity contribution in [2.24, 2.45) is 0 Å². The molecule has 0 aromatic heterocycles. The third-order valence-corrected chi connectivity index (χ3v) is 3.31. The minimum absolute atomic E-state index is 0.109. The van der Waals surface area contributed by atoms with Crippen LogP contribution in [0.25, 0.3) is 0 Å². The number of carbonyl (C=O) groups excluding carboxylic acids is 1. The quantitative estimate of drug-likeness (QED) is 0.640. The molecule has 0 heterocycles. The van der Waals surface area contributed by atoms with E-state index in [2.05, 4.69) is 17.6 Å². The largest absolute Gasteiger partial charge is 0.394 e. The molecule has 0 aliphatic rings. The van der Waals surface area contributed by atoms with Crippen LogP contribution in [0.15, 0.2) is 30.3 Å². The lowest BCUT2D eigenvalue weighted by Gasteiger charge is -2.20. The average molecular weight is 278 g/mol. The van der Waals surface area contributed by atoms with E-state index in [1.165, 1.54) is 12.8 Å². The Labute approximate surface area is 121 Å². The molecule has 1 aromatic carbocycles. The van der Waals surface area contributed by atoms with E-state index in [0.29, 0.717) is 0 Å². The molecule has 0 bridgehead atoms. The fourth-order valence-electron chi connectivity index (χ4n) is 2.12. The molecule has 20 heavy (non-hydrogen) atoms. The minimum atomic E-state index is -0.362. The second kappa shape index (κ2) is 9.37. The molecule has 0 spiro atoms. The molecule has 112 valence electrons. The van der Waals surface area contributed by atoms with E-state index < -0.39 is 0 Å². The Kier molecular flexibility index (Phi) is 7.73. The van der Waals surface area contributed by atoms with Crippen molar-refractivity contribution >= 4 is 6.03 Å². The summed E-state index contributed by atoms with van der Waals surface area (Å²) < 4.78 is 0. The van der Waals surface area contributed by atoms with Gasteiger partial charge in [-0.1, -0.05) is 56.5 Å². The van der Waals surface area contributed by atoms with E-state index in [0.717, 1.165) is 18.4 Å². The van der Waals surface area contributed by atoms with Crippen molar-refractivity contribution in [2.45, 2.75) is 51.6 Å². The van der Waals surface area contributed by atoms with E-state index in [4.69, 9.17) is 0 Å². The second-order valence-electron chi connectivity index (χ2n) is 5.16. The zero-order chi connectivity index (χ0) is 14.8. The normalized spacial score (nSPS) is 13.6. The molecule has 0 saturated heterocycles. The van der Waals surface area contributed by atoms with Crippen LogP contribution in [0.5, 0.6) is 0 Å². The summed E-state index contributed by atoms with van der Waals surface area (Å²) in [6.07, 6.45) is 4.48. The van der Waals surface area contributed by atoms with E-state index in [1.54, 1.807) is 0 Å². The van der Waals surface area contributed by atoms with Crippen molar-refractivity contribution in [1.29, 1.82) is 0 Å². The Morgan fingerprint density at radius 1 is 1.20 bits per heavy atom. The van der Waals surface area contributed by atoms with E-state index >= 15 is 0 Å². The minimum Gasteiger partial charge on any atom is -0.394 e. The maximum atomic E-state index is 11.9. The molecule has 4 heteroatoms. The molecule has 4 nitrogen and oxygen atoms in total. The molecule has 2 amide bonds. The van der Waals surface area contributed by atoms with Crippen molar-refractivity contribution in [3.8, 4) is 0 Å². The summed E-state index contributed by atoms with van der Waals surface area (Å²) in [5, 5.41) is 15.1. The number of carbonyl (C=O) groups is 1. The van der Waals surface area contributed by atoms with Gasteiger partial charge in [-0.2, -0.15) is 0 Å². The summed E-state index contributed by atoms with van der Waals surface area (Å²) >= 11 is 0. The lowest BCUT2D eigenvalue weighted by Crippen LogP contribution is -2.43. The van der Waals surface area contributed by atoms with Crippen molar-refractivity contribution in [3.05, 3.63) is 35.9 Å². The Hall–Kier alpha value is -1.55. The van der Waals surface area contributed by atoms with Gasteiger partial charge in [0.1, 0.15) is 0 Å². The molecule has 0 radical (unpaired) electrons. The number of hydrogen-bond donors (Lipinski definition) is 3. The van der Waals surface area contributed by atoms with Crippen LogP contribution < -0.4 is 10.6 Å². The Balaban J connectivity index is 2.40. The third kappa shape index (κ3) is 6.06. The van der Waals surface area contributed by atoms with Gasteiger partial charge in [-0.05, 0) is 18.9 Å². The van der Waals surface area contributed by atoms with Gasteiger partial charge in [-0.25, -0.2) is 4.79 Å². The molecule has 2 unspecified atom stereocenters. The molecule has 0 fully saturated rings. The molecular weight excluding hydrogens is 252 g/mol. The number of amides is 2. The first kappa shape index (κ1) is 16.5. The van der Waals surface area contributed by atoms with Crippen LogP contribution in [0, 0.1) is 0 Å². The van der Waals surface area contributed by atoms with Gasteiger partial charge >= 0.3 is 6.03 Å². The molecule has 1 aromatic rings. The van der Waals surface area contributed by atoms with Crippen LogP contribution in [0.2, 0.25) is 0 Å². The topological polar surface area (TPSA) is 61.4 Å². The summed E-state index contributed by atoms with van der Waals surface area (Å²) in [6.45, 7) is 4.06. The van der Waals surface area contributed by atoms with Gasteiger partial charge in [0.05, 0.1) is 12.6 Å². The summed E-state index contributed by atoms with van der Waals surface area (Å²) in [7, 11) is 0. The standard InChI is InChI=1S/C16H26N2O2/c1-3-4-6-9-13(2)17-16(20)18-15(12-19)14-10-7-5-8-11-14/h5,7-8,10-11,13,15,19H,3-4,6,9,12H2,1-2H3,(H2,17,18,20). The van der Waals surface area contributed by atoms with Gasteiger partial charge in [-0.15, -0.1) is 0 Å². The summed E-state index contributed by atoms with van der Waals surface area (Å²) in [5.41, 5.74) is 0.906. The number of hydrogen-bond acceptors (Lipinski definition) is 2. The third-order valence-electron chi connectivity index (χ3n) is 3.31. The molecule has 0 aliphatic heterocycles. The first-order valence-electron chi connectivity index (χ1n) is 7.40. The highest BCUT2D eigenvalue weighted by Crippen LogP contribution is 2.11. The van der Waals surface area contributed by atoms with Gasteiger partial charge < -0.3 is 15.7 Å². The first-order chi connectivity index (χ1) is 9.67. The fourth-order valence-corrected chi connectivity index (χ4v) is 2.12. The van der Waals surface area contributed by atoms with Crippen molar-refractivity contribution in [2.75, 3.05) is 6.61 Å². The Morgan fingerprint density at radius 2 is 1.90 bits per heavy atom. The number of aliphatic hydroxyl groups is 1. The van der Waals surface area contributed by atoms with Crippen LogP contribution in [0.1, 0.15) is 51.1 Å². The number of unbranched alkanes of at least 4 members (excludes halogenated alkanes) is 2. The molecule has 1 rings (SSSR count). The number of urea groups is 1. The van der Waals surface area contributed by atoms with E-state index in [-0.39, 0.29) is 24.7 Å². The van der Waals surface area contributed by atoms with Crippen molar-refractivity contribution in [3.63, 3.8) is 0 Å². The van der Waals surface area contributed by atoms with Gasteiger partial charge in [0, 0.05) is 6.04 Å². The monoisotopic (exact) mass is 278 g/mol. The molecule has 3 N–H and O–H groups in total. The van der Waals surface area contributed by atoms with Crippen LogP contribution in [0.3, 0.4) is 0 Å². The van der Waals surface area contributed by atoms with Gasteiger partial charge in [0.25, 0.3) is 0 Å². The van der Waals surface area contributed by atoms with E-state index in [9.17, 15) is 9.90 Å². The number of aliphatic hydroxyl groups excluding tert-OH is 1. The SMILES string of the molecule is CCCCCC(C)NC(=O)NC(CO)c1ccccc1. The fraction of sp³-hybridized carbons (Fsp3) is 0.562. The van der Waals surface area contributed by atoms with Crippen LogP contribution >= 0.6 is 0 Å². The predicted molar refractivity (Wildman–Crippen MR) is 81.5 cm³/mol. The highest BCUT2D eigenvalue weighted by molar-refractivity contribution is 5.74. The van der Waals surface area contributed by atoms with Gasteiger partial charge in [0.2, 0.25) is 0 Å². The molecular formula is C16H26N2O2. The molecule has 0 aliphatic carbocycles. The molecule has 2 atom stereocenters. The summed E-state index contributed by atoms with van der Waals surface area (Å²) in [5.74, 6) is 0. The Bertz CT molecular complexity index is 381. The number of nitrogens with one attached hydrogen (secondary N) is 2. The second-order valence-corrected chi connectivity index (χ2v) is 5.16. The summed E-state index contributed by atoms with van der Waals surface area (Å²) in [6, 6.07) is 9.05. The van der Waals surface area contributed by atoms with Crippen LogP contribution in [-0.4, -0.2) is 23.8 Å². The maximum absolute atomic E-state index is 11.9. The van der Waals surface area contributed by atoms with Crippen molar-refractivity contribution in [1.82, 2.24) is 10.6 Å². The average Bonchev–Trinajstić information content (AvgIpc) is 2.46. The summed E-state index contributed by atoms with van der Waals surface area (Å²) in [4.78, 5) is 11.9. The first-order valence-corrected chi connectivity index (χ1v) is 7.40. The lowest BCUT2D eigenvalue weighted by atomic mass is 10.1. The zero-order valence-corrected chi connectivity index (χ0v) is 12.4. The molecule has 0 saturated carbocycles.